The van der Waals surface area contributed by atoms with Crippen LogP contribution < -0.4 is 0 Å². The molecule has 2 unspecified atom stereocenters. The molecule has 1 aromatic heterocycles. The van der Waals surface area contributed by atoms with E-state index in [-0.39, 0.29) is 5.41 Å². The molecule has 0 radical (unpaired) electrons. The minimum atomic E-state index is 0.243. The molecule has 3 aliphatic rings. The first-order valence-corrected chi connectivity index (χ1v) is 14.6. The van der Waals surface area contributed by atoms with Gasteiger partial charge < -0.3 is 14.4 Å². The van der Waals surface area contributed by atoms with Crippen molar-refractivity contribution in [1.29, 1.82) is 0 Å². The maximum Gasteiger partial charge on any atom is 0.171 e. The van der Waals surface area contributed by atoms with Gasteiger partial charge in [0, 0.05) is 45.3 Å². The number of para-hydroxylation sites is 2. The minimum absolute atomic E-state index is 0.243. The Balaban J connectivity index is 1.18. The molecule has 0 spiro atoms. The Morgan fingerprint density at radius 1 is 0.946 bits per heavy atom. The highest BCUT2D eigenvalue weighted by atomic mass is 32.1. The first-order valence-electron chi connectivity index (χ1n) is 14.2. The van der Waals surface area contributed by atoms with Crippen LogP contribution in [0.25, 0.3) is 11.0 Å². The fraction of sp³-hybridized carbons (Fsp3) is 0.548. The number of thiocarbonyl (C=S) groups is 1. The highest BCUT2D eigenvalue weighted by Gasteiger charge is 2.44. The van der Waals surface area contributed by atoms with Crippen molar-refractivity contribution in [2.45, 2.75) is 75.4 Å². The van der Waals surface area contributed by atoms with Crippen LogP contribution in [0.15, 0.2) is 54.6 Å². The van der Waals surface area contributed by atoms with E-state index in [2.05, 4.69) is 94.9 Å². The zero-order chi connectivity index (χ0) is 25.6. The summed E-state index contributed by atoms with van der Waals surface area (Å²) < 4.78 is 2.55. The van der Waals surface area contributed by atoms with Gasteiger partial charge in [-0.05, 0) is 93.7 Å². The van der Waals surface area contributed by atoms with Crippen molar-refractivity contribution in [3.8, 4) is 0 Å². The summed E-state index contributed by atoms with van der Waals surface area (Å²) in [7, 11) is 4.13. The second-order valence-corrected chi connectivity index (χ2v) is 12.2. The number of imidazole rings is 1. The number of nitrogens with zero attached hydrogens (tertiary/aromatic N) is 5. The third-order valence-corrected chi connectivity index (χ3v) is 10.2. The first kappa shape index (κ1) is 24.9. The Labute approximate surface area is 227 Å². The Morgan fingerprint density at radius 3 is 2.27 bits per heavy atom. The van der Waals surface area contributed by atoms with E-state index in [0.717, 1.165) is 23.7 Å². The minimum Gasteiger partial charge on any atom is -0.355 e. The number of rotatable bonds is 5. The molecule has 3 aromatic rings. The van der Waals surface area contributed by atoms with Gasteiger partial charge in [-0.25, -0.2) is 4.98 Å². The number of fused-ring (bicyclic) bond motifs is 3. The third kappa shape index (κ3) is 4.57. The maximum absolute atomic E-state index is 5.72. The molecule has 0 N–H and O–H groups in total. The van der Waals surface area contributed by atoms with Gasteiger partial charge >= 0.3 is 0 Å². The van der Waals surface area contributed by atoms with Gasteiger partial charge in [-0.3, -0.25) is 4.90 Å². The summed E-state index contributed by atoms with van der Waals surface area (Å²) in [4.78, 5) is 12.3. The normalized spacial score (nSPS) is 25.5. The van der Waals surface area contributed by atoms with E-state index in [0.29, 0.717) is 18.1 Å². The Hall–Kier alpha value is -2.44. The van der Waals surface area contributed by atoms with Gasteiger partial charge in [0.15, 0.2) is 5.11 Å². The second-order valence-electron chi connectivity index (χ2n) is 11.8. The lowest BCUT2D eigenvalue weighted by Gasteiger charge is -2.46. The van der Waals surface area contributed by atoms with Gasteiger partial charge in [0.05, 0.1) is 11.0 Å². The van der Waals surface area contributed by atoms with Crippen LogP contribution in [-0.4, -0.2) is 75.2 Å². The average molecular weight is 516 g/mol. The quantitative estimate of drug-likeness (QED) is 0.402. The largest absolute Gasteiger partial charge is 0.355 e. The van der Waals surface area contributed by atoms with Crippen LogP contribution in [0.4, 0.5) is 0 Å². The van der Waals surface area contributed by atoms with Crippen LogP contribution in [0.5, 0.6) is 0 Å². The molecule has 3 fully saturated rings. The van der Waals surface area contributed by atoms with E-state index in [1.54, 1.807) is 0 Å². The van der Waals surface area contributed by atoms with E-state index in [9.17, 15) is 0 Å². The van der Waals surface area contributed by atoms with Crippen molar-refractivity contribution >= 4 is 28.4 Å². The van der Waals surface area contributed by atoms with Gasteiger partial charge in [-0.2, -0.15) is 0 Å². The van der Waals surface area contributed by atoms with Crippen molar-refractivity contribution in [2.75, 3.05) is 33.7 Å². The number of likely N-dealkylation sites (tertiary alicyclic amines) is 1. The van der Waals surface area contributed by atoms with E-state index in [4.69, 9.17) is 17.2 Å². The molecule has 2 bridgehead atoms. The molecule has 2 aromatic carbocycles. The first-order chi connectivity index (χ1) is 17.9. The van der Waals surface area contributed by atoms with Crippen LogP contribution in [0.1, 0.15) is 62.4 Å². The van der Waals surface area contributed by atoms with Crippen molar-refractivity contribution in [3.63, 3.8) is 0 Å². The van der Waals surface area contributed by atoms with E-state index < -0.39 is 0 Å². The fourth-order valence-corrected chi connectivity index (χ4v) is 7.86. The monoisotopic (exact) mass is 515 g/mol. The SMILES string of the molecule is Cc1nc2ccccc2n1C1CC2CCC(C1)N2CCC1(c2ccccc2)CCN(C(=S)N(C)C)CC1. The molecular weight excluding hydrogens is 474 g/mol. The van der Waals surface area contributed by atoms with Gasteiger partial charge in [0.2, 0.25) is 0 Å². The number of aryl methyl sites for hydroxylation is 1. The molecule has 3 aliphatic heterocycles. The number of benzene rings is 2. The zero-order valence-electron chi connectivity index (χ0n) is 22.6. The number of aromatic nitrogens is 2. The lowest BCUT2D eigenvalue weighted by atomic mass is 9.70. The van der Waals surface area contributed by atoms with Crippen molar-refractivity contribution < 1.29 is 0 Å². The third-order valence-electron chi connectivity index (χ3n) is 9.61. The summed E-state index contributed by atoms with van der Waals surface area (Å²) in [6, 6.07) is 22.0. The number of hydrogen-bond acceptors (Lipinski definition) is 3. The lowest BCUT2D eigenvalue weighted by Crippen LogP contribution is -2.50. The maximum atomic E-state index is 5.72. The molecule has 6 rings (SSSR count). The van der Waals surface area contributed by atoms with Crippen LogP contribution in [0, 0.1) is 6.92 Å². The molecule has 0 amide bonds. The Morgan fingerprint density at radius 2 is 1.59 bits per heavy atom. The molecule has 5 nitrogen and oxygen atoms in total. The second kappa shape index (κ2) is 10.0. The highest BCUT2D eigenvalue weighted by molar-refractivity contribution is 7.80. The number of piperidine rings is 2. The topological polar surface area (TPSA) is 27.5 Å². The van der Waals surface area contributed by atoms with Gasteiger partial charge in [-0.15, -0.1) is 0 Å². The molecule has 4 heterocycles. The molecule has 0 aliphatic carbocycles. The predicted octanol–water partition coefficient (Wildman–Crippen LogP) is 5.78. The summed E-state index contributed by atoms with van der Waals surface area (Å²) in [6.45, 7) is 5.49. The van der Waals surface area contributed by atoms with Crippen LogP contribution in [0.2, 0.25) is 0 Å². The summed E-state index contributed by atoms with van der Waals surface area (Å²) >= 11 is 5.72. The fourth-order valence-electron chi connectivity index (χ4n) is 7.67. The van der Waals surface area contributed by atoms with Gasteiger partial charge in [0.1, 0.15) is 5.82 Å². The zero-order valence-corrected chi connectivity index (χ0v) is 23.5. The molecule has 37 heavy (non-hydrogen) atoms. The van der Waals surface area contributed by atoms with E-state index >= 15 is 0 Å². The van der Waals surface area contributed by atoms with Crippen LogP contribution >= 0.6 is 12.2 Å². The molecule has 3 saturated heterocycles. The molecular formula is C31H41N5S. The molecule has 0 saturated carbocycles. The van der Waals surface area contributed by atoms with E-state index in [1.165, 1.54) is 68.4 Å². The Bertz CT molecular complexity index is 1230. The van der Waals surface area contributed by atoms with Crippen molar-refractivity contribution in [1.82, 2.24) is 24.3 Å². The summed E-state index contributed by atoms with van der Waals surface area (Å²) in [5, 5.41) is 0.976. The summed E-state index contributed by atoms with van der Waals surface area (Å²) in [5.74, 6) is 1.17. The van der Waals surface area contributed by atoms with Crippen molar-refractivity contribution in [3.05, 3.63) is 66.0 Å². The smallest absolute Gasteiger partial charge is 0.171 e. The standard InChI is InChI=1S/C31H41N5S/c1-23-32-28-11-7-8-12-29(28)36(23)27-21-25-13-14-26(22-27)35(25)20-17-31(24-9-5-4-6-10-24)15-18-34(19-16-31)30(37)33(2)3/h4-12,25-27H,13-22H2,1-3H3. The highest BCUT2D eigenvalue weighted by Crippen LogP contribution is 2.45. The molecule has 6 heteroatoms. The van der Waals surface area contributed by atoms with Crippen LogP contribution in [-0.2, 0) is 5.41 Å². The Kier molecular flexibility index (Phi) is 6.74. The summed E-state index contributed by atoms with van der Waals surface area (Å²) in [5.41, 5.74) is 4.21. The van der Waals surface area contributed by atoms with Gasteiger partial charge in [0.25, 0.3) is 0 Å². The lowest BCUT2D eigenvalue weighted by molar-refractivity contribution is 0.0884. The van der Waals surface area contributed by atoms with Crippen molar-refractivity contribution in [2.24, 2.45) is 0 Å². The average Bonchev–Trinajstić information content (AvgIpc) is 3.38. The molecule has 2 atom stereocenters. The van der Waals surface area contributed by atoms with E-state index in [1.807, 2.05) is 0 Å². The number of hydrogen-bond donors (Lipinski definition) is 0. The summed E-state index contributed by atoms with van der Waals surface area (Å²) in [6.07, 6.45) is 8.78. The molecule has 196 valence electrons. The van der Waals surface area contributed by atoms with Crippen LogP contribution in [0.3, 0.4) is 0 Å². The van der Waals surface area contributed by atoms with Gasteiger partial charge in [-0.1, -0.05) is 42.5 Å². The predicted molar refractivity (Wildman–Crippen MR) is 156 cm³/mol.